The number of anilines is 1. The molecule has 2 heterocycles. The van der Waals surface area contributed by atoms with Crippen molar-refractivity contribution in [2.75, 3.05) is 31.6 Å². The third-order valence-electron chi connectivity index (χ3n) is 5.10. The molecule has 0 radical (unpaired) electrons. The molecular formula is C21H30N4S. The maximum atomic E-state index is 4.41. The zero-order chi connectivity index (χ0) is 18.4. The standard InChI is InChI=1S/C21H30N4S/c1-16-6-8-18(9-7-16)17(2)15-23-21(22-3)24-19-10-12-25(13-11-19)20-5-4-14-26-20/h4-9,14,17,19H,10-13,15H2,1-3H3,(H2,22,23,24). The minimum absolute atomic E-state index is 0.454. The first-order valence-corrected chi connectivity index (χ1v) is 10.4. The third-order valence-corrected chi connectivity index (χ3v) is 6.03. The predicted octanol–water partition coefficient (Wildman–Crippen LogP) is 3.99. The maximum absolute atomic E-state index is 4.41. The monoisotopic (exact) mass is 370 g/mol. The lowest BCUT2D eigenvalue weighted by atomic mass is 10.00. The number of nitrogens with zero attached hydrogens (tertiary/aromatic N) is 2. The minimum Gasteiger partial charge on any atom is -0.363 e. The first-order valence-electron chi connectivity index (χ1n) is 9.48. The van der Waals surface area contributed by atoms with Crippen LogP contribution in [0.2, 0.25) is 0 Å². The Morgan fingerprint density at radius 1 is 1.23 bits per heavy atom. The zero-order valence-electron chi connectivity index (χ0n) is 16.0. The van der Waals surface area contributed by atoms with Gasteiger partial charge in [0.1, 0.15) is 0 Å². The summed E-state index contributed by atoms with van der Waals surface area (Å²) >= 11 is 1.83. The summed E-state index contributed by atoms with van der Waals surface area (Å²) in [7, 11) is 1.85. The van der Waals surface area contributed by atoms with Gasteiger partial charge >= 0.3 is 0 Å². The van der Waals surface area contributed by atoms with Gasteiger partial charge < -0.3 is 15.5 Å². The lowest BCUT2D eigenvalue weighted by molar-refractivity contribution is 0.462. The van der Waals surface area contributed by atoms with E-state index in [0.29, 0.717) is 12.0 Å². The lowest BCUT2D eigenvalue weighted by Crippen LogP contribution is -2.49. The van der Waals surface area contributed by atoms with Crippen molar-refractivity contribution in [3.05, 3.63) is 52.9 Å². The quantitative estimate of drug-likeness (QED) is 0.617. The highest BCUT2D eigenvalue weighted by atomic mass is 32.1. The van der Waals surface area contributed by atoms with Crippen molar-refractivity contribution in [3.63, 3.8) is 0 Å². The van der Waals surface area contributed by atoms with Gasteiger partial charge in [-0.05, 0) is 48.8 Å². The van der Waals surface area contributed by atoms with E-state index < -0.39 is 0 Å². The van der Waals surface area contributed by atoms with Crippen molar-refractivity contribution in [1.29, 1.82) is 0 Å². The Bertz CT molecular complexity index is 685. The number of aliphatic imine (C=N–C) groups is 1. The highest BCUT2D eigenvalue weighted by Crippen LogP contribution is 2.24. The molecule has 1 aromatic carbocycles. The molecule has 1 aliphatic heterocycles. The van der Waals surface area contributed by atoms with E-state index in [1.54, 1.807) is 0 Å². The van der Waals surface area contributed by atoms with Crippen LogP contribution in [0, 0.1) is 6.92 Å². The van der Waals surface area contributed by atoms with Gasteiger partial charge in [-0.3, -0.25) is 4.99 Å². The molecule has 140 valence electrons. The normalized spacial score (nSPS) is 17.2. The summed E-state index contributed by atoms with van der Waals surface area (Å²) in [6, 6.07) is 13.6. The summed E-state index contributed by atoms with van der Waals surface area (Å²) in [4.78, 5) is 6.90. The highest BCUT2D eigenvalue weighted by Gasteiger charge is 2.20. The van der Waals surface area contributed by atoms with Gasteiger partial charge in [0.15, 0.2) is 5.96 Å². The van der Waals surface area contributed by atoms with Crippen LogP contribution in [-0.2, 0) is 0 Å². The molecule has 2 N–H and O–H groups in total. The van der Waals surface area contributed by atoms with Crippen molar-refractivity contribution in [3.8, 4) is 0 Å². The molecule has 0 amide bonds. The molecule has 1 fully saturated rings. The third kappa shape index (κ3) is 5.01. The Labute approximate surface area is 161 Å². The van der Waals surface area contributed by atoms with Crippen molar-refractivity contribution in [2.24, 2.45) is 4.99 Å². The molecule has 1 atom stereocenters. The fourth-order valence-corrected chi connectivity index (χ4v) is 4.13. The van der Waals surface area contributed by atoms with Gasteiger partial charge in [-0.15, -0.1) is 11.3 Å². The number of nitrogens with one attached hydrogen (secondary N) is 2. The SMILES string of the molecule is CN=C(NCC(C)c1ccc(C)cc1)NC1CCN(c2cccs2)CC1. The average Bonchev–Trinajstić information content (AvgIpc) is 3.20. The second-order valence-corrected chi connectivity index (χ2v) is 8.05. The topological polar surface area (TPSA) is 39.7 Å². The Morgan fingerprint density at radius 2 is 1.96 bits per heavy atom. The molecule has 1 unspecified atom stereocenters. The number of piperidine rings is 1. The molecule has 5 heteroatoms. The van der Waals surface area contributed by atoms with Crippen LogP contribution in [0.15, 0.2) is 46.8 Å². The first-order chi connectivity index (χ1) is 12.7. The molecule has 0 aliphatic carbocycles. The summed E-state index contributed by atoms with van der Waals surface area (Å²) < 4.78 is 0. The van der Waals surface area contributed by atoms with Crippen LogP contribution in [0.5, 0.6) is 0 Å². The number of thiophene rings is 1. The van der Waals surface area contributed by atoms with Gasteiger partial charge in [-0.2, -0.15) is 0 Å². The number of hydrogen-bond acceptors (Lipinski definition) is 3. The van der Waals surface area contributed by atoms with E-state index >= 15 is 0 Å². The molecular weight excluding hydrogens is 340 g/mol. The molecule has 4 nitrogen and oxygen atoms in total. The summed E-state index contributed by atoms with van der Waals surface area (Å²) in [5.41, 5.74) is 2.67. The van der Waals surface area contributed by atoms with E-state index in [1.807, 2.05) is 18.4 Å². The van der Waals surface area contributed by atoms with Crippen LogP contribution >= 0.6 is 11.3 Å². The van der Waals surface area contributed by atoms with Gasteiger partial charge in [-0.1, -0.05) is 36.8 Å². The van der Waals surface area contributed by atoms with Gasteiger partial charge in [-0.25, -0.2) is 0 Å². The first kappa shape index (κ1) is 18.8. The molecule has 0 bridgehead atoms. The van der Waals surface area contributed by atoms with Crippen molar-refractivity contribution in [1.82, 2.24) is 10.6 Å². The molecule has 2 aromatic rings. The van der Waals surface area contributed by atoms with Gasteiger partial charge in [0.2, 0.25) is 0 Å². The summed E-state index contributed by atoms with van der Waals surface area (Å²) in [6.07, 6.45) is 2.29. The molecule has 1 aliphatic rings. The number of guanidine groups is 1. The fraction of sp³-hybridized carbons (Fsp3) is 0.476. The number of aryl methyl sites for hydroxylation is 1. The summed E-state index contributed by atoms with van der Waals surface area (Å²) in [5.74, 6) is 1.37. The van der Waals surface area contributed by atoms with E-state index in [0.717, 1.165) is 38.4 Å². The summed E-state index contributed by atoms with van der Waals surface area (Å²) in [5, 5.41) is 10.6. The average molecular weight is 371 g/mol. The van der Waals surface area contributed by atoms with Crippen molar-refractivity contribution < 1.29 is 0 Å². The maximum Gasteiger partial charge on any atom is 0.191 e. The summed E-state index contributed by atoms with van der Waals surface area (Å²) in [6.45, 7) is 7.48. The van der Waals surface area contributed by atoms with Crippen LogP contribution in [0.3, 0.4) is 0 Å². The Morgan fingerprint density at radius 3 is 2.58 bits per heavy atom. The Hall–Kier alpha value is -2.01. The second kappa shape index (κ2) is 9.08. The van der Waals surface area contributed by atoms with Crippen LogP contribution < -0.4 is 15.5 Å². The van der Waals surface area contributed by atoms with Crippen LogP contribution in [0.1, 0.15) is 36.8 Å². The van der Waals surface area contributed by atoms with Gasteiger partial charge in [0, 0.05) is 32.7 Å². The molecule has 0 spiro atoms. The van der Waals surface area contributed by atoms with Crippen LogP contribution in [0.25, 0.3) is 0 Å². The van der Waals surface area contributed by atoms with Crippen LogP contribution in [0.4, 0.5) is 5.00 Å². The number of rotatable bonds is 5. The predicted molar refractivity (Wildman–Crippen MR) is 114 cm³/mol. The van der Waals surface area contributed by atoms with E-state index in [2.05, 4.69) is 76.2 Å². The van der Waals surface area contributed by atoms with Crippen LogP contribution in [-0.4, -0.2) is 38.7 Å². The zero-order valence-corrected chi connectivity index (χ0v) is 16.9. The fourth-order valence-electron chi connectivity index (χ4n) is 3.34. The number of hydrogen-bond donors (Lipinski definition) is 2. The molecule has 0 saturated carbocycles. The second-order valence-electron chi connectivity index (χ2n) is 7.12. The Balaban J connectivity index is 1.44. The van der Waals surface area contributed by atoms with Gasteiger partial charge in [0.25, 0.3) is 0 Å². The minimum atomic E-state index is 0.454. The highest BCUT2D eigenvalue weighted by molar-refractivity contribution is 7.14. The molecule has 26 heavy (non-hydrogen) atoms. The molecule has 1 saturated heterocycles. The number of benzene rings is 1. The van der Waals surface area contributed by atoms with E-state index in [-0.39, 0.29) is 0 Å². The van der Waals surface area contributed by atoms with Crippen molar-refractivity contribution >= 4 is 22.3 Å². The largest absolute Gasteiger partial charge is 0.363 e. The van der Waals surface area contributed by atoms with E-state index in [4.69, 9.17) is 0 Å². The smallest absolute Gasteiger partial charge is 0.191 e. The Kier molecular flexibility index (Phi) is 6.56. The molecule has 1 aromatic heterocycles. The van der Waals surface area contributed by atoms with Crippen molar-refractivity contribution in [2.45, 2.75) is 38.6 Å². The lowest BCUT2D eigenvalue weighted by Gasteiger charge is -2.33. The van der Waals surface area contributed by atoms with E-state index in [9.17, 15) is 0 Å². The molecule has 3 rings (SSSR count). The van der Waals surface area contributed by atoms with E-state index in [1.165, 1.54) is 16.1 Å². The van der Waals surface area contributed by atoms with Gasteiger partial charge in [0.05, 0.1) is 5.00 Å².